The van der Waals surface area contributed by atoms with Crippen molar-refractivity contribution in [1.82, 2.24) is 0 Å². The van der Waals surface area contributed by atoms with Crippen LogP contribution in [0.3, 0.4) is 0 Å². The summed E-state index contributed by atoms with van der Waals surface area (Å²) in [6, 6.07) is 7.75. The van der Waals surface area contributed by atoms with Crippen molar-refractivity contribution in [3.8, 4) is 5.75 Å². The van der Waals surface area contributed by atoms with Crippen molar-refractivity contribution in [2.75, 3.05) is 6.16 Å². The minimum atomic E-state index is -3.82. The normalized spacial score (nSPS) is 16.8. The second-order valence-electron chi connectivity index (χ2n) is 8.48. The van der Waals surface area contributed by atoms with Crippen LogP contribution in [-0.2, 0) is 4.57 Å². The first-order valence-corrected chi connectivity index (χ1v) is 13.4. The van der Waals surface area contributed by atoms with Gasteiger partial charge in [-0.3, -0.25) is 4.57 Å². The van der Waals surface area contributed by atoms with Crippen molar-refractivity contribution < 1.29 is 43.5 Å². The fraction of sp³-hybridized carbons (Fsp3) is 0.750. The SMILES string of the molecule is CCCCCCCCCCCCP(=O)([O-])Oc1ccccc1C1CCCCC1.[Na+]. The number of benzene rings is 1. The Morgan fingerprint density at radius 1 is 0.897 bits per heavy atom. The average Bonchev–Trinajstić information content (AvgIpc) is 2.70. The summed E-state index contributed by atoms with van der Waals surface area (Å²) in [6.45, 7) is 2.24. The summed E-state index contributed by atoms with van der Waals surface area (Å²) in [5, 5.41) is 0. The molecule has 0 aliphatic heterocycles. The van der Waals surface area contributed by atoms with E-state index in [-0.39, 0.29) is 35.7 Å². The van der Waals surface area contributed by atoms with Gasteiger partial charge in [-0.2, -0.15) is 0 Å². The number of para-hydroxylation sites is 1. The Balaban J connectivity index is 0.00000420. The Bertz CT molecular complexity index is 587. The molecule has 3 nitrogen and oxygen atoms in total. The van der Waals surface area contributed by atoms with Crippen molar-refractivity contribution in [3.63, 3.8) is 0 Å². The van der Waals surface area contributed by atoms with Crippen molar-refractivity contribution in [2.45, 2.75) is 109 Å². The molecule has 0 N–H and O–H groups in total. The molecule has 1 aromatic rings. The summed E-state index contributed by atoms with van der Waals surface area (Å²) < 4.78 is 18.0. The zero-order chi connectivity index (χ0) is 20.1. The van der Waals surface area contributed by atoms with E-state index in [1.165, 1.54) is 64.2 Å². The minimum Gasteiger partial charge on any atom is -0.769 e. The van der Waals surface area contributed by atoms with Crippen LogP contribution in [0.15, 0.2) is 24.3 Å². The third-order valence-corrected chi connectivity index (χ3v) is 7.33. The molecule has 0 amide bonds. The molecular formula is C24H40NaO3P. The quantitative estimate of drug-likeness (QED) is 0.246. The van der Waals surface area contributed by atoms with E-state index in [1.807, 2.05) is 24.3 Å². The monoisotopic (exact) mass is 430 g/mol. The van der Waals surface area contributed by atoms with Gasteiger partial charge in [-0.1, -0.05) is 102 Å². The van der Waals surface area contributed by atoms with Crippen molar-refractivity contribution in [2.24, 2.45) is 0 Å². The van der Waals surface area contributed by atoms with Crippen LogP contribution in [0.5, 0.6) is 5.75 Å². The summed E-state index contributed by atoms with van der Waals surface area (Å²) >= 11 is 0. The summed E-state index contributed by atoms with van der Waals surface area (Å²) in [7, 11) is -3.82. The molecule has 1 fully saturated rings. The van der Waals surface area contributed by atoms with Gasteiger partial charge in [-0.25, -0.2) is 0 Å². The van der Waals surface area contributed by atoms with Gasteiger partial charge in [0.05, 0.1) is 0 Å². The van der Waals surface area contributed by atoms with E-state index in [9.17, 15) is 9.46 Å². The molecular weight excluding hydrogens is 390 g/mol. The number of hydrogen-bond donors (Lipinski definition) is 0. The van der Waals surface area contributed by atoms with Crippen LogP contribution < -0.4 is 39.0 Å². The third-order valence-electron chi connectivity index (χ3n) is 5.99. The van der Waals surface area contributed by atoms with E-state index < -0.39 is 7.60 Å². The maximum Gasteiger partial charge on any atom is 1.00 e. The van der Waals surface area contributed by atoms with Gasteiger partial charge < -0.3 is 9.42 Å². The fourth-order valence-electron chi connectivity index (χ4n) is 4.30. The Morgan fingerprint density at radius 3 is 2.07 bits per heavy atom. The molecule has 1 unspecified atom stereocenters. The Labute approximate surface area is 201 Å². The van der Waals surface area contributed by atoms with E-state index in [4.69, 9.17) is 4.52 Å². The largest absolute Gasteiger partial charge is 1.00 e. The van der Waals surface area contributed by atoms with Gasteiger partial charge in [0.15, 0.2) is 7.60 Å². The minimum absolute atomic E-state index is 0. The predicted octanol–water partition coefficient (Wildman–Crippen LogP) is 4.59. The smallest absolute Gasteiger partial charge is 0.769 e. The molecule has 1 aliphatic carbocycles. The van der Waals surface area contributed by atoms with E-state index in [0.29, 0.717) is 18.1 Å². The van der Waals surface area contributed by atoms with Crippen LogP contribution >= 0.6 is 7.60 Å². The van der Waals surface area contributed by atoms with Crippen molar-refractivity contribution >= 4 is 7.60 Å². The number of rotatable bonds is 14. The average molecular weight is 431 g/mol. The Hall–Kier alpha value is 0.210. The molecule has 0 aromatic heterocycles. The van der Waals surface area contributed by atoms with Gasteiger partial charge in [0.25, 0.3) is 0 Å². The molecule has 1 saturated carbocycles. The number of hydrogen-bond acceptors (Lipinski definition) is 3. The second-order valence-corrected chi connectivity index (χ2v) is 10.3. The first kappa shape index (κ1) is 27.2. The third kappa shape index (κ3) is 11.4. The Morgan fingerprint density at radius 2 is 1.45 bits per heavy atom. The topological polar surface area (TPSA) is 49.4 Å². The molecule has 0 radical (unpaired) electrons. The zero-order valence-corrected chi connectivity index (χ0v) is 21.8. The predicted molar refractivity (Wildman–Crippen MR) is 117 cm³/mol. The van der Waals surface area contributed by atoms with E-state index in [1.54, 1.807) is 0 Å². The number of unbranched alkanes of at least 4 members (excludes halogenated alkanes) is 9. The molecule has 0 saturated heterocycles. The van der Waals surface area contributed by atoms with Crippen molar-refractivity contribution in [3.05, 3.63) is 29.8 Å². The van der Waals surface area contributed by atoms with E-state index >= 15 is 0 Å². The summed E-state index contributed by atoms with van der Waals surface area (Å²) in [5.74, 6) is 1.02. The molecule has 1 aromatic carbocycles. The summed E-state index contributed by atoms with van der Waals surface area (Å²) in [5.41, 5.74) is 1.08. The zero-order valence-electron chi connectivity index (χ0n) is 18.9. The van der Waals surface area contributed by atoms with Gasteiger partial charge in [0.1, 0.15) is 5.75 Å². The molecule has 1 atom stereocenters. The van der Waals surface area contributed by atoms with Crippen LogP contribution in [0.25, 0.3) is 0 Å². The van der Waals surface area contributed by atoms with Gasteiger partial charge in [0, 0.05) is 6.16 Å². The molecule has 1 aliphatic rings. The fourth-order valence-corrected chi connectivity index (χ4v) is 5.47. The van der Waals surface area contributed by atoms with Crippen molar-refractivity contribution in [1.29, 1.82) is 0 Å². The molecule has 0 heterocycles. The first-order chi connectivity index (χ1) is 13.6. The molecule has 0 spiro atoms. The Kier molecular flexibility index (Phi) is 15.0. The van der Waals surface area contributed by atoms with Crippen LogP contribution in [0.2, 0.25) is 0 Å². The molecule has 0 bridgehead atoms. The maximum absolute atomic E-state index is 12.5. The van der Waals surface area contributed by atoms with Gasteiger partial charge in [-0.15, -0.1) is 0 Å². The van der Waals surface area contributed by atoms with Gasteiger partial charge >= 0.3 is 29.6 Å². The molecule has 5 heteroatoms. The molecule has 160 valence electrons. The second kappa shape index (κ2) is 15.9. The summed E-state index contributed by atoms with van der Waals surface area (Å²) in [6.07, 6.45) is 18.2. The van der Waals surface area contributed by atoms with Crippen LogP contribution in [0.4, 0.5) is 0 Å². The van der Waals surface area contributed by atoms with Gasteiger partial charge in [-0.05, 0) is 36.8 Å². The van der Waals surface area contributed by atoms with Crippen LogP contribution in [0, 0.1) is 0 Å². The van der Waals surface area contributed by atoms with Gasteiger partial charge in [0.2, 0.25) is 0 Å². The standard InChI is InChI=1S/C24H41O3P.Na/c1-2-3-4-5-6-7-8-9-10-16-21-28(25,26)27-24-20-15-14-19-23(24)22-17-12-11-13-18-22;/h14-15,19-20,22H,2-13,16-18,21H2,1H3,(H,25,26);/q;+1/p-1. The molecule has 29 heavy (non-hydrogen) atoms. The van der Waals surface area contributed by atoms with E-state index in [0.717, 1.165) is 31.2 Å². The first-order valence-electron chi connectivity index (χ1n) is 11.7. The maximum atomic E-state index is 12.5. The van der Waals surface area contributed by atoms with Crippen LogP contribution in [0.1, 0.15) is 115 Å². The summed E-state index contributed by atoms with van der Waals surface area (Å²) in [4.78, 5) is 12.5. The van der Waals surface area contributed by atoms with Crippen LogP contribution in [-0.4, -0.2) is 6.16 Å². The van der Waals surface area contributed by atoms with E-state index in [2.05, 4.69) is 6.92 Å². The molecule has 2 rings (SSSR count).